The lowest BCUT2D eigenvalue weighted by atomic mass is 9.89. The van der Waals surface area contributed by atoms with Gasteiger partial charge in [-0.15, -0.1) is 0 Å². The smallest absolute Gasteiger partial charge is 0.306 e. The number of ether oxygens (including phenoxy) is 1. The number of carbonyl (C=O) groups excluding carboxylic acids is 2. The zero-order valence-electron chi connectivity index (χ0n) is 19.5. The molecular weight excluding hydrogens is 438 g/mol. The largest absolute Gasteiger partial charge is 0.459 e. The fourth-order valence-electron chi connectivity index (χ4n) is 4.39. The van der Waals surface area contributed by atoms with Gasteiger partial charge in [0.05, 0.1) is 12.1 Å². The van der Waals surface area contributed by atoms with Gasteiger partial charge in [-0.1, -0.05) is 36.9 Å². The highest BCUT2D eigenvalue weighted by molar-refractivity contribution is 5.74. The Morgan fingerprint density at radius 1 is 1.18 bits per heavy atom. The van der Waals surface area contributed by atoms with Crippen LogP contribution in [-0.4, -0.2) is 31.4 Å². The molecule has 3 heterocycles. The first-order chi connectivity index (χ1) is 16.3. The molecular formula is C24H29N5O5. The zero-order valence-corrected chi connectivity index (χ0v) is 19.5. The van der Waals surface area contributed by atoms with Crippen LogP contribution in [-0.2, 0) is 32.9 Å². The van der Waals surface area contributed by atoms with E-state index in [9.17, 15) is 14.4 Å². The molecule has 4 rings (SSSR count). The predicted molar refractivity (Wildman–Crippen MR) is 122 cm³/mol. The molecule has 3 aromatic heterocycles. The molecule has 0 aromatic carbocycles. The van der Waals surface area contributed by atoms with Gasteiger partial charge in [-0.25, -0.2) is 4.98 Å². The lowest BCUT2D eigenvalue weighted by Crippen LogP contribution is -2.45. The summed E-state index contributed by atoms with van der Waals surface area (Å²) in [5.74, 6) is 0.188. The molecule has 0 unspecified atom stereocenters. The molecule has 10 heteroatoms. The Morgan fingerprint density at radius 2 is 1.94 bits per heavy atom. The molecule has 10 nitrogen and oxygen atoms in total. The van der Waals surface area contributed by atoms with E-state index in [1.165, 1.54) is 17.4 Å². The highest BCUT2D eigenvalue weighted by Gasteiger charge is 2.38. The Bertz CT molecular complexity index is 1240. The Morgan fingerprint density at radius 3 is 2.68 bits per heavy atom. The van der Waals surface area contributed by atoms with Crippen LogP contribution in [0.1, 0.15) is 74.8 Å². The Labute approximate surface area is 196 Å². The van der Waals surface area contributed by atoms with Crippen LogP contribution in [0.3, 0.4) is 0 Å². The first-order valence-electron chi connectivity index (χ1n) is 11.6. The van der Waals surface area contributed by atoms with Crippen LogP contribution in [0.2, 0.25) is 0 Å². The third-order valence-electron chi connectivity index (χ3n) is 6.05. The van der Waals surface area contributed by atoms with Crippen LogP contribution in [0.5, 0.6) is 0 Å². The van der Waals surface area contributed by atoms with Crippen molar-refractivity contribution in [2.24, 2.45) is 0 Å². The minimum absolute atomic E-state index is 0.0422. The summed E-state index contributed by atoms with van der Waals surface area (Å²) in [5.41, 5.74) is 0.965. The Balaban J connectivity index is 1.35. The van der Waals surface area contributed by atoms with Gasteiger partial charge in [0.15, 0.2) is 5.82 Å². The van der Waals surface area contributed by atoms with Gasteiger partial charge in [-0.3, -0.25) is 18.8 Å². The number of amides is 1. The minimum atomic E-state index is -0.626. The summed E-state index contributed by atoms with van der Waals surface area (Å²) in [6.07, 6.45) is 7.65. The van der Waals surface area contributed by atoms with E-state index in [-0.39, 0.29) is 30.9 Å². The van der Waals surface area contributed by atoms with Gasteiger partial charge in [0.25, 0.3) is 5.56 Å². The maximum Gasteiger partial charge on any atom is 0.306 e. The van der Waals surface area contributed by atoms with Gasteiger partial charge in [0.1, 0.15) is 17.8 Å². The standard InChI is InChI=1S/C24H29N5O5/c1-16-7-8-19-25-18(13-21(31)29(19)14-16)15-33-22(32)10-9-20-26-23(28-34-20)24(27-17(2)30)11-5-3-4-6-12-24/h7-8,13-14H,3-6,9-12,15H2,1-2H3,(H,27,30). The van der Waals surface area contributed by atoms with Crippen molar-refractivity contribution >= 4 is 17.5 Å². The number of nitrogens with one attached hydrogen (secondary N) is 1. The van der Waals surface area contributed by atoms with Crippen LogP contribution in [0.4, 0.5) is 0 Å². The number of fused-ring (bicyclic) bond motifs is 1. The summed E-state index contributed by atoms with van der Waals surface area (Å²) >= 11 is 0. The van der Waals surface area contributed by atoms with E-state index in [0.29, 0.717) is 23.1 Å². The molecule has 3 aromatic rings. The number of pyridine rings is 1. The molecule has 0 bridgehead atoms. The van der Waals surface area contributed by atoms with Crippen molar-refractivity contribution in [1.29, 1.82) is 0 Å². The monoisotopic (exact) mass is 467 g/mol. The van der Waals surface area contributed by atoms with Gasteiger partial charge in [-0.05, 0) is 31.4 Å². The zero-order chi connectivity index (χ0) is 24.1. The molecule has 1 amide bonds. The van der Waals surface area contributed by atoms with Crippen molar-refractivity contribution < 1.29 is 18.8 Å². The average molecular weight is 468 g/mol. The van der Waals surface area contributed by atoms with Crippen LogP contribution in [0, 0.1) is 6.92 Å². The minimum Gasteiger partial charge on any atom is -0.459 e. The van der Waals surface area contributed by atoms with Crippen LogP contribution < -0.4 is 10.9 Å². The fraction of sp³-hybridized carbons (Fsp3) is 0.500. The lowest BCUT2D eigenvalue weighted by molar-refractivity contribution is -0.145. The number of nitrogens with zero attached hydrogens (tertiary/aromatic N) is 4. The summed E-state index contributed by atoms with van der Waals surface area (Å²) in [5, 5.41) is 7.16. The Hall–Kier alpha value is -3.56. The number of hydrogen-bond acceptors (Lipinski definition) is 8. The molecule has 0 spiro atoms. The molecule has 1 fully saturated rings. The fourth-order valence-corrected chi connectivity index (χ4v) is 4.39. The van der Waals surface area contributed by atoms with Crippen LogP contribution >= 0.6 is 0 Å². The van der Waals surface area contributed by atoms with Crippen molar-refractivity contribution in [2.75, 3.05) is 0 Å². The number of aromatic nitrogens is 4. The molecule has 1 aliphatic rings. The normalized spacial score (nSPS) is 15.6. The maximum absolute atomic E-state index is 12.3. The third-order valence-corrected chi connectivity index (χ3v) is 6.05. The summed E-state index contributed by atoms with van der Waals surface area (Å²) in [6.45, 7) is 3.28. The SMILES string of the molecule is CC(=O)NC1(c2noc(CCC(=O)OCc3cc(=O)n4cc(C)ccc4n3)n2)CCCCCC1. The maximum atomic E-state index is 12.3. The van der Waals surface area contributed by atoms with Gasteiger partial charge in [0.2, 0.25) is 11.8 Å². The summed E-state index contributed by atoms with van der Waals surface area (Å²) in [7, 11) is 0. The second-order valence-electron chi connectivity index (χ2n) is 8.87. The number of esters is 1. The summed E-state index contributed by atoms with van der Waals surface area (Å²) in [4.78, 5) is 45.2. The highest BCUT2D eigenvalue weighted by atomic mass is 16.5. The Kier molecular flexibility index (Phi) is 7.04. The van der Waals surface area contributed by atoms with Gasteiger partial charge < -0.3 is 14.6 Å². The van der Waals surface area contributed by atoms with Gasteiger partial charge in [0, 0.05) is 25.6 Å². The predicted octanol–water partition coefficient (Wildman–Crippen LogP) is 2.75. The quantitative estimate of drug-likeness (QED) is 0.415. The first kappa shape index (κ1) is 23.6. The van der Waals surface area contributed by atoms with E-state index in [4.69, 9.17) is 9.26 Å². The van der Waals surface area contributed by atoms with Crippen molar-refractivity contribution in [3.8, 4) is 0 Å². The van der Waals surface area contributed by atoms with Crippen molar-refractivity contribution in [2.45, 2.75) is 77.4 Å². The molecule has 1 aliphatic carbocycles. The average Bonchev–Trinajstić information content (AvgIpc) is 3.16. The van der Waals surface area contributed by atoms with Crippen molar-refractivity contribution in [3.63, 3.8) is 0 Å². The van der Waals surface area contributed by atoms with E-state index in [1.54, 1.807) is 12.3 Å². The topological polar surface area (TPSA) is 129 Å². The second kappa shape index (κ2) is 10.1. The molecule has 0 saturated heterocycles. The first-order valence-corrected chi connectivity index (χ1v) is 11.6. The van der Waals surface area contributed by atoms with E-state index in [2.05, 4.69) is 20.4 Å². The molecule has 180 valence electrons. The summed E-state index contributed by atoms with van der Waals surface area (Å²) in [6, 6.07) is 4.97. The van der Waals surface area contributed by atoms with Crippen LogP contribution in [0.25, 0.3) is 5.65 Å². The molecule has 34 heavy (non-hydrogen) atoms. The van der Waals surface area contributed by atoms with E-state index < -0.39 is 11.5 Å². The molecule has 1 N–H and O–H groups in total. The van der Waals surface area contributed by atoms with Crippen molar-refractivity contribution in [1.82, 2.24) is 24.8 Å². The van der Waals surface area contributed by atoms with Gasteiger partial charge >= 0.3 is 5.97 Å². The third kappa shape index (κ3) is 5.49. The highest BCUT2D eigenvalue weighted by Crippen LogP contribution is 2.34. The van der Waals surface area contributed by atoms with E-state index in [1.807, 2.05) is 13.0 Å². The van der Waals surface area contributed by atoms with Gasteiger partial charge in [-0.2, -0.15) is 4.98 Å². The summed E-state index contributed by atoms with van der Waals surface area (Å²) < 4.78 is 12.1. The lowest BCUT2D eigenvalue weighted by Gasteiger charge is -2.30. The van der Waals surface area contributed by atoms with E-state index >= 15 is 0 Å². The molecule has 0 aliphatic heterocycles. The number of hydrogen-bond donors (Lipinski definition) is 1. The van der Waals surface area contributed by atoms with E-state index in [0.717, 1.165) is 44.1 Å². The second-order valence-corrected chi connectivity index (χ2v) is 8.87. The van der Waals surface area contributed by atoms with Crippen molar-refractivity contribution in [3.05, 3.63) is 57.7 Å². The number of carbonyl (C=O) groups is 2. The number of rotatable bonds is 7. The molecule has 0 radical (unpaired) electrons. The molecule has 0 atom stereocenters. The van der Waals surface area contributed by atoms with Crippen LogP contribution in [0.15, 0.2) is 33.7 Å². The molecule has 1 saturated carbocycles. The number of aryl methyl sites for hydroxylation is 2.